The Morgan fingerprint density at radius 1 is 1.50 bits per heavy atom. The summed E-state index contributed by atoms with van der Waals surface area (Å²) in [5.41, 5.74) is 0. The van der Waals surface area contributed by atoms with Crippen molar-refractivity contribution in [1.82, 2.24) is 0 Å². The number of hydrogen-bond donors (Lipinski definition) is 0. The molecule has 0 N–H and O–H groups in total. The van der Waals surface area contributed by atoms with E-state index < -0.39 is 0 Å². The zero-order valence-electron chi connectivity index (χ0n) is 5.52. The van der Waals surface area contributed by atoms with Gasteiger partial charge in [-0.25, -0.2) is 0 Å². The molecule has 0 aliphatic heterocycles. The third-order valence-electron chi connectivity index (χ3n) is 0. The van der Waals surface area contributed by atoms with Gasteiger partial charge in [0.05, 0.1) is 0 Å². The molecule has 0 aromatic carbocycles. The molecule has 0 atom stereocenters. The molecule has 0 aliphatic carbocycles. The van der Waals surface area contributed by atoms with Crippen LogP contribution < -0.4 is 51.4 Å². The third-order valence-corrected chi connectivity index (χ3v) is 0. The fourth-order valence-corrected chi connectivity index (χ4v) is 0. The Morgan fingerprint density at radius 2 is 1.50 bits per heavy atom. The van der Waals surface area contributed by atoms with E-state index in [-0.39, 0.29) is 105 Å². The van der Waals surface area contributed by atoms with E-state index in [2.05, 4.69) is 0 Å². The second-order valence-electron chi connectivity index (χ2n) is 0. The van der Waals surface area contributed by atoms with Crippen molar-refractivity contribution in [3.05, 3.63) is 0 Å². The minimum atomic E-state index is 0. The van der Waals surface area contributed by atoms with Gasteiger partial charge in [0, 0.05) is 0 Å². The van der Waals surface area contributed by atoms with E-state index in [0.717, 1.165) is 0 Å². The van der Waals surface area contributed by atoms with Gasteiger partial charge in [0.25, 0.3) is 0 Å². The standard InChI is InChI=1S/Ba.K.O.W.3H/q+2;+1;;;3*-1. The van der Waals surface area contributed by atoms with Gasteiger partial charge in [0.1, 0.15) is 0 Å². The molecule has 0 saturated carbocycles. The molecular formula is H3BaKOW. The average Bonchev–Trinajstić information content (AvgIpc) is 1.00. The maximum atomic E-state index is 8.33. The van der Waals surface area contributed by atoms with Crippen molar-refractivity contribution < 1.29 is 78.8 Å². The van der Waals surface area contributed by atoms with Crippen LogP contribution in [0.2, 0.25) is 0 Å². The van der Waals surface area contributed by atoms with Crippen molar-refractivity contribution in [2.75, 3.05) is 0 Å². The predicted octanol–water partition coefficient (Wildman–Crippen LogP) is -3.16. The third kappa shape index (κ3) is 9.20. The molecule has 0 aromatic heterocycles. The van der Waals surface area contributed by atoms with Gasteiger partial charge in [0.2, 0.25) is 0 Å². The van der Waals surface area contributed by atoms with Crippen LogP contribution in [0.4, 0.5) is 0 Å². The summed E-state index contributed by atoms with van der Waals surface area (Å²) in [5, 5.41) is 0. The summed E-state index contributed by atoms with van der Waals surface area (Å²) in [6.07, 6.45) is 0. The van der Waals surface area contributed by atoms with Gasteiger partial charge >= 0.3 is 123 Å². The second kappa shape index (κ2) is 15.9. The number of hydrogen-bond acceptors (Lipinski definition) is 1. The average molecular weight is 379 g/mol. The van der Waals surface area contributed by atoms with Gasteiger partial charge in [-0.15, -0.1) is 0 Å². The van der Waals surface area contributed by atoms with E-state index in [1.807, 2.05) is 0 Å². The summed E-state index contributed by atoms with van der Waals surface area (Å²) in [6, 6.07) is 0. The molecule has 1 nitrogen and oxygen atoms in total. The van der Waals surface area contributed by atoms with Crippen LogP contribution in [0.1, 0.15) is 4.28 Å². The van der Waals surface area contributed by atoms with Crippen molar-refractivity contribution in [2.24, 2.45) is 0 Å². The van der Waals surface area contributed by atoms with Crippen LogP contribution in [0.15, 0.2) is 0 Å². The van der Waals surface area contributed by atoms with Crippen molar-refractivity contribution >= 4 is 48.9 Å². The van der Waals surface area contributed by atoms with Gasteiger partial charge < -0.3 is 4.28 Å². The maximum absolute atomic E-state index is 8.33. The molecule has 0 heterocycles. The van der Waals surface area contributed by atoms with E-state index >= 15 is 0 Å². The van der Waals surface area contributed by atoms with E-state index in [1.165, 1.54) is 0 Å². The van der Waals surface area contributed by atoms with Crippen molar-refractivity contribution in [3.63, 3.8) is 0 Å². The molecule has 0 rings (SSSR count). The minimum absolute atomic E-state index is 0. The molecule has 0 aromatic rings. The molecule has 0 fully saturated rings. The quantitative estimate of drug-likeness (QED) is 0.407. The molecule has 0 radical (unpaired) electrons. The summed E-state index contributed by atoms with van der Waals surface area (Å²) in [7, 11) is 0. The molecule has 0 aliphatic rings. The Bertz CT molecular complexity index is 14.9. The zero-order valence-corrected chi connectivity index (χ0v) is 13.0. The first-order valence-corrected chi connectivity index (χ1v) is 1.36. The van der Waals surface area contributed by atoms with E-state index in [1.54, 1.807) is 0 Å². The Balaban J connectivity index is -0.000000000500. The Labute approximate surface area is 124 Å². The molecule has 4 heteroatoms. The zero-order chi connectivity index (χ0) is 2.00. The summed E-state index contributed by atoms with van der Waals surface area (Å²) in [4.78, 5) is 0. The summed E-state index contributed by atoms with van der Waals surface area (Å²) in [5.74, 6) is 0. The van der Waals surface area contributed by atoms with Crippen LogP contribution >= 0.6 is 0 Å². The first-order valence-electron chi connectivity index (χ1n) is 0.167. The van der Waals surface area contributed by atoms with Crippen molar-refractivity contribution in [3.8, 4) is 0 Å². The Kier molecular flexibility index (Phi) is 62.2. The monoisotopic (exact) mass is 380 g/mol. The summed E-state index contributed by atoms with van der Waals surface area (Å²) >= 11 is 0.333. The fraction of sp³-hybridized carbons (Fsp3) is 0. The van der Waals surface area contributed by atoms with Crippen LogP contribution in [-0.2, 0) is 23.2 Å². The molecular weight excluding hydrogens is 376 g/mol. The van der Waals surface area contributed by atoms with Gasteiger partial charge in [-0.1, -0.05) is 0 Å². The molecule has 0 spiro atoms. The molecule has 0 saturated heterocycles. The van der Waals surface area contributed by atoms with Gasteiger partial charge in [-0.05, 0) is 0 Å². The van der Waals surface area contributed by atoms with Crippen LogP contribution in [0.3, 0.4) is 0 Å². The normalized spacial score (nSPS) is 1.00. The van der Waals surface area contributed by atoms with Crippen molar-refractivity contribution in [1.29, 1.82) is 0 Å². The van der Waals surface area contributed by atoms with Crippen LogP contribution in [0, 0.1) is 0 Å². The van der Waals surface area contributed by atoms with Gasteiger partial charge in [0.15, 0.2) is 0 Å². The van der Waals surface area contributed by atoms with E-state index in [4.69, 9.17) is 3.40 Å². The second-order valence-corrected chi connectivity index (χ2v) is 0. The van der Waals surface area contributed by atoms with Crippen molar-refractivity contribution in [2.45, 2.75) is 0 Å². The predicted molar refractivity (Wildman–Crippen MR) is 9.78 cm³/mol. The first-order chi connectivity index (χ1) is 1.00. The SMILES string of the molecule is [Ba+2].[H-].[H-].[H-].[K+].[O]=[W]. The molecule has 0 bridgehead atoms. The van der Waals surface area contributed by atoms with E-state index in [0.29, 0.717) is 19.8 Å². The van der Waals surface area contributed by atoms with Crippen LogP contribution in [0.5, 0.6) is 0 Å². The fourth-order valence-electron chi connectivity index (χ4n) is 0. The molecule has 0 unspecified atom stereocenters. The first kappa shape index (κ1) is 15.6. The molecule has 0 amide bonds. The summed E-state index contributed by atoms with van der Waals surface area (Å²) in [6.45, 7) is 0. The topological polar surface area (TPSA) is 17.1 Å². The number of rotatable bonds is 0. The Hall–Kier alpha value is 3.70. The van der Waals surface area contributed by atoms with Gasteiger partial charge in [-0.3, -0.25) is 0 Å². The Morgan fingerprint density at radius 3 is 1.50 bits per heavy atom. The van der Waals surface area contributed by atoms with Crippen LogP contribution in [-0.4, -0.2) is 48.9 Å². The molecule has 18 valence electrons. The van der Waals surface area contributed by atoms with Gasteiger partial charge in [-0.2, -0.15) is 0 Å². The summed E-state index contributed by atoms with van der Waals surface area (Å²) < 4.78 is 8.33. The molecule has 4 heavy (non-hydrogen) atoms. The van der Waals surface area contributed by atoms with Crippen LogP contribution in [0.25, 0.3) is 0 Å². The van der Waals surface area contributed by atoms with E-state index in [9.17, 15) is 0 Å².